The molecule has 1 atom stereocenters. The molecule has 180 valence electrons. The second-order valence-corrected chi connectivity index (χ2v) is 10.1. The number of aromatic amines is 1. The van der Waals surface area contributed by atoms with Crippen molar-refractivity contribution >= 4 is 26.9 Å². The van der Waals surface area contributed by atoms with E-state index < -0.39 is 22.1 Å². The highest BCUT2D eigenvalue weighted by Crippen LogP contribution is 2.30. The number of aromatic nitrogens is 2. The van der Waals surface area contributed by atoms with Crippen molar-refractivity contribution < 1.29 is 22.7 Å². The van der Waals surface area contributed by atoms with E-state index in [1.54, 1.807) is 31.2 Å². The number of nitrogens with one attached hydrogen (secondary N) is 1. The Morgan fingerprint density at radius 1 is 1.09 bits per heavy atom. The molecule has 0 aliphatic carbocycles. The van der Waals surface area contributed by atoms with E-state index in [0.29, 0.717) is 24.0 Å². The Labute approximate surface area is 197 Å². The highest BCUT2D eigenvalue weighted by molar-refractivity contribution is 7.89. The minimum Gasteiger partial charge on any atom is -0.495 e. The quantitative estimate of drug-likeness (QED) is 0.532. The topological polar surface area (TPSA) is 119 Å². The first-order valence-corrected chi connectivity index (χ1v) is 12.6. The molecule has 1 saturated heterocycles. The molecule has 34 heavy (non-hydrogen) atoms. The Balaban J connectivity index is 1.61. The molecule has 0 radical (unpaired) electrons. The van der Waals surface area contributed by atoms with Crippen LogP contribution in [0.4, 0.5) is 0 Å². The van der Waals surface area contributed by atoms with Gasteiger partial charge in [-0.3, -0.25) is 4.79 Å². The van der Waals surface area contributed by atoms with Gasteiger partial charge < -0.3 is 14.5 Å². The van der Waals surface area contributed by atoms with Crippen molar-refractivity contribution in [1.82, 2.24) is 14.3 Å². The fourth-order valence-corrected chi connectivity index (χ4v) is 5.71. The Hall–Kier alpha value is -3.24. The maximum Gasteiger partial charge on any atom is 0.338 e. The number of carbonyl (C=O) groups is 1. The lowest BCUT2D eigenvalue weighted by molar-refractivity contribution is 0.0319. The number of sulfonamides is 1. The fraction of sp³-hybridized carbons (Fsp3) is 0.375. The normalized spacial score (nSPS) is 16.1. The van der Waals surface area contributed by atoms with Crippen LogP contribution in [0.2, 0.25) is 0 Å². The Kier molecular flexibility index (Phi) is 6.99. The molecule has 1 fully saturated rings. The first-order chi connectivity index (χ1) is 16.3. The second kappa shape index (κ2) is 9.94. The smallest absolute Gasteiger partial charge is 0.338 e. The van der Waals surface area contributed by atoms with Crippen molar-refractivity contribution in [2.24, 2.45) is 0 Å². The number of para-hydroxylation sites is 1. The van der Waals surface area contributed by atoms with Crippen LogP contribution in [0.5, 0.6) is 5.75 Å². The van der Waals surface area contributed by atoms with E-state index in [-0.39, 0.29) is 27.6 Å². The summed E-state index contributed by atoms with van der Waals surface area (Å²) in [5.74, 6) is -0.379. The highest BCUT2D eigenvalue weighted by atomic mass is 32.2. The number of ether oxygens (including phenoxy) is 2. The molecule has 2 aromatic carbocycles. The lowest BCUT2D eigenvalue weighted by atomic mass is 10.2. The summed E-state index contributed by atoms with van der Waals surface area (Å²) in [6.07, 6.45) is 2.68. The third kappa shape index (κ3) is 4.83. The number of methoxy groups -OCH3 is 1. The van der Waals surface area contributed by atoms with Gasteiger partial charge in [0.1, 0.15) is 10.6 Å². The molecule has 1 aliphatic heterocycles. The van der Waals surface area contributed by atoms with Gasteiger partial charge in [-0.25, -0.2) is 18.2 Å². The van der Waals surface area contributed by atoms with E-state index >= 15 is 0 Å². The molecule has 1 N–H and O–H groups in total. The molecule has 10 heteroatoms. The minimum atomic E-state index is -3.85. The zero-order valence-electron chi connectivity index (χ0n) is 19.1. The maximum absolute atomic E-state index is 13.3. The van der Waals surface area contributed by atoms with Gasteiger partial charge in [-0.2, -0.15) is 4.31 Å². The number of nitrogens with zero attached hydrogens (tertiary/aromatic N) is 2. The molecule has 9 nitrogen and oxygen atoms in total. The molecule has 0 spiro atoms. The average Bonchev–Trinajstić information content (AvgIpc) is 3.14. The molecular weight excluding hydrogens is 458 g/mol. The fourth-order valence-electron chi connectivity index (χ4n) is 4.01. The van der Waals surface area contributed by atoms with E-state index in [4.69, 9.17) is 9.47 Å². The summed E-state index contributed by atoms with van der Waals surface area (Å²) in [7, 11) is -2.47. The lowest BCUT2D eigenvalue weighted by Crippen LogP contribution is -2.32. The van der Waals surface area contributed by atoms with Crippen LogP contribution in [0.25, 0.3) is 10.9 Å². The SMILES string of the molecule is COc1ccc(C(=O)O[C@@H](C)c2nc3ccccc3c(=O)[nH]2)cc1S(=O)(=O)N1CCCCCC1. The van der Waals surface area contributed by atoms with Crippen LogP contribution in [0, 0.1) is 0 Å². The van der Waals surface area contributed by atoms with Gasteiger partial charge in [-0.1, -0.05) is 25.0 Å². The Morgan fingerprint density at radius 2 is 1.79 bits per heavy atom. The molecule has 3 aromatic rings. The number of rotatable bonds is 6. The van der Waals surface area contributed by atoms with E-state index in [2.05, 4.69) is 9.97 Å². The number of fused-ring (bicyclic) bond motifs is 1. The third-order valence-electron chi connectivity index (χ3n) is 5.88. The molecule has 1 aliphatic rings. The Morgan fingerprint density at radius 3 is 2.50 bits per heavy atom. The molecule has 2 heterocycles. The number of esters is 1. The largest absolute Gasteiger partial charge is 0.495 e. The molecule has 1 aromatic heterocycles. The lowest BCUT2D eigenvalue weighted by Gasteiger charge is -2.21. The van der Waals surface area contributed by atoms with E-state index in [0.717, 1.165) is 25.7 Å². The summed E-state index contributed by atoms with van der Waals surface area (Å²) in [6, 6.07) is 11.0. The number of H-pyrrole nitrogens is 1. The van der Waals surface area contributed by atoms with Gasteiger partial charge >= 0.3 is 5.97 Å². The van der Waals surface area contributed by atoms with Gasteiger partial charge in [0.15, 0.2) is 11.9 Å². The molecule has 4 rings (SSSR count). The molecular formula is C24H27N3O6S. The zero-order valence-corrected chi connectivity index (χ0v) is 19.9. The monoisotopic (exact) mass is 485 g/mol. The summed E-state index contributed by atoms with van der Waals surface area (Å²) >= 11 is 0. The van der Waals surface area contributed by atoms with E-state index in [1.165, 1.54) is 29.6 Å². The van der Waals surface area contributed by atoms with Gasteiger partial charge in [-0.05, 0) is 50.1 Å². The maximum atomic E-state index is 13.3. The Bertz CT molecular complexity index is 1360. The van der Waals surface area contributed by atoms with Crippen molar-refractivity contribution in [3.05, 3.63) is 64.2 Å². The van der Waals surface area contributed by atoms with Crippen molar-refractivity contribution in [3.63, 3.8) is 0 Å². The summed E-state index contributed by atoms with van der Waals surface area (Å²) < 4.78 is 38.9. The van der Waals surface area contributed by atoms with Gasteiger partial charge in [0.05, 0.1) is 23.6 Å². The van der Waals surface area contributed by atoms with Crippen LogP contribution in [0.15, 0.2) is 52.2 Å². The summed E-state index contributed by atoms with van der Waals surface area (Å²) in [5.41, 5.74) is 0.211. The number of benzene rings is 2. The van der Waals surface area contributed by atoms with Crippen molar-refractivity contribution in [2.75, 3.05) is 20.2 Å². The predicted octanol–water partition coefficient (Wildman–Crippen LogP) is 3.41. The molecule has 0 unspecified atom stereocenters. The predicted molar refractivity (Wildman–Crippen MR) is 126 cm³/mol. The highest BCUT2D eigenvalue weighted by Gasteiger charge is 2.29. The van der Waals surface area contributed by atoms with Crippen LogP contribution in [0.3, 0.4) is 0 Å². The van der Waals surface area contributed by atoms with Crippen LogP contribution in [0.1, 0.15) is 54.9 Å². The second-order valence-electron chi connectivity index (χ2n) is 8.20. The van der Waals surface area contributed by atoms with Gasteiger partial charge in [0, 0.05) is 13.1 Å². The summed E-state index contributed by atoms with van der Waals surface area (Å²) in [4.78, 5) is 32.2. The van der Waals surface area contributed by atoms with Gasteiger partial charge in [0.25, 0.3) is 5.56 Å². The van der Waals surface area contributed by atoms with Crippen LogP contribution >= 0.6 is 0 Å². The van der Waals surface area contributed by atoms with Gasteiger partial charge in [0.2, 0.25) is 10.0 Å². The van der Waals surface area contributed by atoms with Crippen molar-refractivity contribution in [2.45, 2.75) is 43.6 Å². The summed E-state index contributed by atoms with van der Waals surface area (Å²) in [5, 5.41) is 0.434. The molecule has 0 amide bonds. The van der Waals surface area contributed by atoms with Crippen LogP contribution < -0.4 is 10.3 Å². The zero-order chi connectivity index (χ0) is 24.3. The first kappa shape index (κ1) is 23.9. The number of hydrogen-bond acceptors (Lipinski definition) is 7. The number of carbonyl (C=O) groups excluding carboxylic acids is 1. The standard InChI is InChI=1S/C24H27N3O6S/c1-16(22-25-19-10-6-5-9-18(19)23(28)26-22)33-24(29)17-11-12-20(32-2)21(15-17)34(30,31)27-13-7-3-4-8-14-27/h5-6,9-12,15-16H,3-4,7-8,13-14H2,1-2H3,(H,25,26,28)/t16-/m0/s1. The van der Waals surface area contributed by atoms with Crippen molar-refractivity contribution in [3.8, 4) is 5.75 Å². The minimum absolute atomic E-state index is 0.0594. The van der Waals surface area contributed by atoms with Crippen LogP contribution in [-0.4, -0.2) is 48.9 Å². The van der Waals surface area contributed by atoms with Crippen molar-refractivity contribution in [1.29, 1.82) is 0 Å². The third-order valence-corrected chi connectivity index (χ3v) is 7.80. The van der Waals surface area contributed by atoms with E-state index in [1.807, 2.05) is 0 Å². The first-order valence-electron chi connectivity index (χ1n) is 11.2. The average molecular weight is 486 g/mol. The molecule has 0 bridgehead atoms. The van der Waals surface area contributed by atoms with Crippen LogP contribution in [-0.2, 0) is 14.8 Å². The van der Waals surface area contributed by atoms with Gasteiger partial charge in [-0.15, -0.1) is 0 Å². The number of hydrogen-bond donors (Lipinski definition) is 1. The summed E-state index contributed by atoms with van der Waals surface area (Å²) in [6.45, 7) is 2.44. The van der Waals surface area contributed by atoms with E-state index in [9.17, 15) is 18.0 Å². The molecule has 0 saturated carbocycles.